The molecule has 0 radical (unpaired) electrons. The molecule has 0 saturated heterocycles. The van der Waals surface area contributed by atoms with Crippen LogP contribution in [0, 0.1) is 5.82 Å². The van der Waals surface area contributed by atoms with E-state index < -0.39 is 0 Å². The summed E-state index contributed by atoms with van der Waals surface area (Å²) < 4.78 is 14.0. The van der Waals surface area contributed by atoms with Crippen LogP contribution in [0.2, 0.25) is 0 Å². The molecule has 72 valence electrons. The van der Waals surface area contributed by atoms with Crippen LogP contribution in [0.3, 0.4) is 0 Å². The van der Waals surface area contributed by atoms with E-state index in [4.69, 9.17) is 5.11 Å². The van der Waals surface area contributed by atoms with Crippen LogP contribution in [-0.2, 0) is 6.42 Å². The van der Waals surface area contributed by atoms with Crippen LogP contribution < -0.4 is 0 Å². The lowest BCUT2D eigenvalue weighted by Crippen LogP contribution is -2.03. The van der Waals surface area contributed by atoms with Gasteiger partial charge in [-0.3, -0.25) is 0 Å². The molecule has 1 rings (SSSR count). The first kappa shape index (κ1) is 10.7. The predicted octanol–water partition coefficient (Wildman–Crippen LogP) is 2.90. The molecule has 0 aliphatic heterocycles. The van der Waals surface area contributed by atoms with E-state index in [2.05, 4.69) is 15.9 Å². The van der Waals surface area contributed by atoms with Crippen molar-refractivity contribution in [1.29, 1.82) is 0 Å². The third-order valence-electron chi connectivity index (χ3n) is 1.87. The standard InChI is InChI=1S/C10H12BrFO/c1-7(13)5-6-8-9(11)3-2-4-10(8)12/h2-4,7,13H,5-6H2,1H3/t7-/m1/s1. The molecular weight excluding hydrogens is 235 g/mol. The normalized spacial score (nSPS) is 12.9. The van der Waals surface area contributed by atoms with Crippen molar-refractivity contribution in [3.05, 3.63) is 34.1 Å². The molecule has 0 unspecified atom stereocenters. The third kappa shape index (κ3) is 3.08. The van der Waals surface area contributed by atoms with Gasteiger partial charge < -0.3 is 5.11 Å². The maximum Gasteiger partial charge on any atom is 0.127 e. The average molecular weight is 247 g/mol. The van der Waals surface area contributed by atoms with Crippen molar-refractivity contribution in [3.63, 3.8) is 0 Å². The van der Waals surface area contributed by atoms with E-state index in [-0.39, 0.29) is 11.9 Å². The minimum atomic E-state index is -0.383. The molecule has 1 aromatic carbocycles. The van der Waals surface area contributed by atoms with E-state index in [1.807, 2.05) is 0 Å². The quantitative estimate of drug-likeness (QED) is 0.870. The van der Waals surface area contributed by atoms with Gasteiger partial charge in [0.25, 0.3) is 0 Å². The van der Waals surface area contributed by atoms with Gasteiger partial charge in [0.1, 0.15) is 5.82 Å². The zero-order valence-corrected chi connectivity index (χ0v) is 9.01. The Bertz CT molecular complexity index is 266. The van der Waals surface area contributed by atoms with Crippen LogP contribution in [-0.4, -0.2) is 11.2 Å². The Morgan fingerprint density at radius 3 is 2.77 bits per heavy atom. The Hall–Kier alpha value is -0.410. The van der Waals surface area contributed by atoms with E-state index in [0.717, 1.165) is 4.47 Å². The minimum Gasteiger partial charge on any atom is -0.393 e. The molecule has 0 aliphatic carbocycles. The summed E-state index contributed by atoms with van der Waals surface area (Å²) in [7, 11) is 0. The molecule has 1 aromatic rings. The Labute approximate surface area is 85.7 Å². The molecule has 13 heavy (non-hydrogen) atoms. The summed E-state index contributed by atoms with van der Waals surface area (Å²) in [6, 6.07) is 4.90. The summed E-state index contributed by atoms with van der Waals surface area (Å²) in [5, 5.41) is 9.06. The number of rotatable bonds is 3. The maximum atomic E-state index is 13.2. The summed E-state index contributed by atoms with van der Waals surface area (Å²) >= 11 is 3.28. The van der Waals surface area contributed by atoms with Gasteiger partial charge in [0.2, 0.25) is 0 Å². The summed E-state index contributed by atoms with van der Waals surface area (Å²) in [5.41, 5.74) is 0.642. The molecule has 0 saturated carbocycles. The van der Waals surface area contributed by atoms with Gasteiger partial charge in [-0.2, -0.15) is 0 Å². The van der Waals surface area contributed by atoms with Crippen LogP contribution in [0.25, 0.3) is 0 Å². The number of aliphatic hydroxyl groups is 1. The largest absolute Gasteiger partial charge is 0.393 e. The number of benzene rings is 1. The lowest BCUT2D eigenvalue weighted by molar-refractivity contribution is 0.184. The van der Waals surface area contributed by atoms with Gasteiger partial charge in [0.15, 0.2) is 0 Å². The summed E-state index contributed by atoms with van der Waals surface area (Å²) in [6.07, 6.45) is 0.760. The molecule has 0 bridgehead atoms. The molecule has 1 nitrogen and oxygen atoms in total. The van der Waals surface area contributed by atoms with Gasteiger partial charge in [-0.1, -0.05) is 22.0 Å². The predicted molar refractivity (Wildman–Crippen MR) is 54.1 cm³/mol. The molecule has 0 aromatic heterocycles. The van der Waals surface area contributed by atoms with Gasteiger partial charge in [-0.25, -0.2) is 4.39 Å². The monoisotopic (exact) mass is 246 g/mol. The SMILES string of the molecule is C[C@@H](O)CCc1c(F)cccc1Br. The number of hydrogen-bond donors (Lipinski definition) is 1. The fraction of sp³-hybridized carbons (Fsp3) is 0.400. The van der Waals surface area contributed by atoms with Gasteiger partial charge in [-0.05, 0) is 31.9 Å². The van der Waals surface area contributed by atoms with Gasteiger partial charge in [0, 0.05) is 10.0 Å². The van der Waals surface area contributed by atoms with Crippen molar-refractivity contribution in [3.8, 4) is 0 Å². The van der Waals surface area contributed by atoms with Crippen molar-refractivity contribution >= 4 is 15.9 Å². The fourth-order valence-corrected chi connectivity index (χ4v) is 1.66. The van der Waals surface area contributed by atoms with Gasteiger partial charge in [-0.15, -0.1) is 0 Å². The first-order chi connectivity index (χ1) is 6.11. The zero-order chi connectivity index (χ0) is 9.84. The average Bonchev–Trinajstić information content (AvgIpc) is 2.03. The molecule has 0 spiro atoms. The van der Waals surface area contributed by atoms with Crippen molar-refractivity contribution in [2.24, 2.45) is 0 Å². The van der Waals surface area contributed by atoms with E-state index >= 15 is 0 Å². The van der Waals surface area contributed by atoms with E-state index in [9.17, 15) is 4.39 Å². The molecule has 0 amide bonds. The molecule has 0 heterocycles. The first-order valence-corrected chi connectivity index (χ1v) is 5.01. The fourth-order valence-electron chi connectivity index (χ4n) is 1.12. The summed E-state index contributed by atoms with van der Waals surface area (Å²) in [5.74, 6) is -0.213. The highest BCUT2D eigenvalue weighted by atomic mass is 79.9. The molecule has 0 aliphatic rings. The van der Waals surface area contributed by atoms with Crippen molar-refractivity contribution < 1.29 is 9.50 Å². The minimum absolute atomic E-state index is 0.213. The van der Waals surface area contributed by atoms with Crippen molar-refractivity contribution in [2.75, 3.05) is 0 Å². The smallest absolute Gasteiger partial charge is 0.127 e. The zero-order valence-electron chi connectivity index (χ0n) is 7.43. The van der Waals surface area contributed by atoms with Gasteiger partial charge in [0.05, 0.1) is 6.10 Å². The maximum absolute atomic E-state index is 13.2. The lowest BCUT2D eigenvalue weighted by atomic mass is 10.1. The Morgan fingerprint density at radius 2 is 2.23 bits per heavy atom. The van der Waals surface area contributed by atoms with Crippen LogP contribution >= 0.6 is 15.9 Å². The number of hydrogen-bond acceptors (Lipinski definition) is 1. The van der Waals surface area contributed by atoms with Crippen LogP contribution in [0.1, 0.15) is 18.9 Å². The number of aliphatic hydroxyl groups excluding tert-OH is 1. The Morgan fingerprint density at radius 1 is 1.54 bits per heavy atom. The Balaban J connectivity index is 2.75. The molecule has 1 atom stereocenters. The molecule has 1 N–H and O–H groups in total. The summed E-state index contributed by atoms with van der Waals surface area (Å²) in [6.45, 7) is 1.70. The summed E-state index contributed by atoms with van der Waals surface area (Å²) in [4.78, 5) is 0. The second-order valence-corrected chi connectivity index (χ2v) is 3.94. The topological polar surface area (TPSA) is 20.2 Å². The lowest BCUT2D eigenvalue weighted by Gasteiger charge is -2.07. The van der Waals surface area contributed by atoms with Crippen LogP contribution in [0.4, 0.5) is 4.39 Å². The van der Waals surface area contributed by atoms with E-state index in [0.29, 0.717) is 18.4 Å². The molecule has 3 heteroatoms. The first-order valence-electron chi connectivity index (χ1n) is 4.22. The second-order valence-electron chi connectivity index (χ2n) is 3.09. The Kier molecular flexibility index (Phi) is 3.88. The van der Waals surface area contributed by atoms with Crippen molar-refractivity contribution in [1.82, 2.24) is 0 Å². The van der Waals surface area contributed by atoms with E-state index in [1.54, 1.807) is 19.1 Å². The second kappa shape index (κ2) is 4.72. The van der Waals surface area contributed by atoms with Gasteiger partial charge >= 0.3 is 0 Å². The highest BCUT2D eigenvalue weighted by Crippen LogP contribution is 2.21. The highest BCUT2D eigenvalue weighted by Gasteiger charge is 2.07. The third-order valence-corrected chi connectivity index (χ3v) is 2.62. The van der Waals surface area contributed by atoms with Crippen LogP contribution in [0.15, 0.2) is 22.7 Å². The molecule has 0 fully saturated rings. The van der Waals surface area contributed by atoms with E-state index in [1.165, 1.54) is 6.07 Å². The van der Waals surface area contributed by atoms with Crippen molar-refractivity contribution in [2.45, 2.75) is 25.9 Å². The van der Waals surface area contributed by atoms with Crippen LogP contribution in [0.5, 0.6) is 0 Å². The molecular formula is C10H12BrFO. The highest BCUT2D eigenvalue weighted by molar-refractivity contribution is 9.10. The number of halogens is 2.